The molecule has 4 nitrogen and oxygen atoms in total. The lowest BCUT2D eigenvalue weighted by Crippen LogP contribution is -2.14. The highest BCUT2D eigenvalue weighted by Crippen LogP contribution is 2.23. The van der Waals surface area contributed by atoms with Crippen molar-refractivity contribution in [2.45, 2.75) is 0 Å². The molecule has 0 aliphatic rings. The van der Waals surface area contributed by atoms with Gasteiger partial charge in [0.1, 0.15) is 5.15 Å². The van der Waals surface area contributed by atoms with E-state index < -0.39 is 0 Å². The Bertz CT molecular complexity index is 788. The number of hydrogen-bond donors (Lipinski definition) is 1. The third-order valence-electron chi connectivity index (χ3n) is 2.90. The summed E-state index contributed by atoms with van der Waals surface area (Å²) in [6, 6.07) is 7.32. The molecule has 0 unspecified atom stereocenters. The minimum Gasteiger partial charge on any atom is -0.354 e. The molecule has 3 aromatic rings. The summed E-state index contributed by atoms with van der Waals surface area (Å²) in [6.45, 7) is 0. The first-order valence-corrected chi connectivity index (χ1v) is 5.83. The van der Waals surface area contributed by atoms with Gasteiger partial charge in [-0.05, 0) is 24.3 Å². The molecule has 0 radical (unpaired) electrons. The van der Waals surface area contributed by atoms with Gasteiger partial charge in [-0.15, -0.1) is 0 Å². The van der Waals surface area contributed by atoms with Crippen LogP contribution in [0.5, 0.6) is 0 Å². The summed E-state index contributed by atoms with van der Waals surface area (Å²) < 4.78 is 1.56. The number of pyridine rings is 2. The molecule has 5 heteroatoms. The van der Waals surface area contributed by atoms with Crippen LogP contribution in [0.3, 0.4) is 0 Å². The van der Waals surface area contributed by atoms with Crippen LogP contribution >= 0.6 is 11.6 Å². The van der Waals surface area contributed by atoms with Crippen LogP contribution in [-0.2, 0) is 7.05 Å². The Hall–Kier alpha value is -2.07. The predicted molar refractivity (Wildman–Crippen MR) is 71.8 cm³/mol. The van der Waals surface area contributed by atoms with Gasteiger partial charge in [-0.1, -0.05) is 11.6 Å². The molecule has 0 saturated heterocycles. The lowest BCUT2D eigenvalue weighted by atomic mass is 10.2. The van der Waals surface area contributed by atoms with Gasteiger partial charge in [0.05, 0.1) is 10.9 Å². The zero-order chi connectivity index (χ0) is 12.7. The van der Waals surface area contributed by atoms with E-state index in [1.54, 1.807) is 30.1 Å². The maximum atomic E-state index is 11.9. The Labute approximate surface area is 108 Å². The van der Waals surface area contributed by atoms with Crippen LogP contribution in [-0.4, -0.2) is 14.5 Å². The van der Waals surface area contributed by atoms with Gasteiger partial charge in [0.2, 0.25) is 0 Å². The van der Waals surface area contributed by atoms with Crippen molar-refractivity contribution in [3.8, 4) is 11.3 Å². The highest BCUT2D eigenvalue weighted by atomic mass is 35.5. The van der Waals surface area contributed by atoms with E-state index in [-0.39, 0.29) is 5.56 Å². The van der Waals surface area contributed by atoms with Crippen LogP contribution in [0, 0.1) is 0 Å². The highest BCUT2D eigenvalue weighted by molar-refractivity contribution is 6.29. The number of hydrogen-bond acceptors (Lipinski definition) is 2. The molecule has 1 N–H and O–H groups in total. The fraction of sp³-hybridized carbons (Fsp3) is 0.0769. The molecule has 0 aliphatic heterocycles. The number of aromatic nitrogens is 3. The van der Waals surface area contributed by atoms with Crippen molar-refractivity contribution in [3.05, 3.63) is 52.2 Å². The second-order valence-electron chi connectivity index (χ2n) is 4.11. The molecule has 0 atom stereocenters. The van der Waals surface area contributed by atoms with Gasteiger partial charge in [-0.3, -0.25) is 4.79 Å². The van der Waals surface area contributed by atoms with Crippen molar-refractivity contribution in [2.24, 2.45) is 7.05 Å². The zero-order valence-electron chi connectivity index (χ0n) is 9.64. The number of fused-ring (bicyclic) bond motifs is 1. The first-order valence-electron chi connectivity index (χ1n) is 5.45. The molecule has 0 spiro atoms. The average Bonchev–Trinajstić information content (AvgIpc) is 2.79. The summed E-state index contributed by atoms with van der Waals surface area (Å²) >= 11 is 5.86. The van der Waals surface area contributed by atoms with Crippen LogP contribution in [0.25, 0.3) is 22.2 Å². The van der Waals surface area contributed by atoms with Gasteiger partial charge in [0, 0.05) is 30.7 Å². The smallest absolute Gasteiger partial charge is 0.259 e. The maximum Gasteiger partial charge on any atom is 0.259 e. The first kappa shape index (κ1) is 11.0. The third kappa shape index (κ3) is 1.71. The number of H-pyrrole nitrogens is 1. The quantitative estimate of drug-likeness (QED) is 0.683. The topological polar surface area (TPSA) is 50.7 Å². The fourth-order valence-corrected chi connectivity index (χ4v) is 2.12. The van der Waals surface area contributed by atoms with Crippen LogP contribution in [0.15, 0.2) is 41.5 Å². The average molecular weight is 260 g/mol. The molecule has 90 valence electrons. The van der Waals surface area contributed by atoms with Gasteiger partial charge in [0.25, 0.3) is 5.56 Å². The fourth-order valence-electron chi connectivity index (χ4n) is 1.95. The second-order valence-corrected chi connectivity index (χ2v) is 4.50. The molecular weight excluding hydrogens is 250 g/mol. The lowest BCUT2D eigenvalue weighted by Gasteiger charge is -1.96. The number of nitrogens with zero attached hydrogens (tertiary/aromatic N) is 2. The number of halogens is 1. The molecule has 0 bridgehead atoms. The molecule has 3 rings (SSSR count). The maximum absolute atomic E-state index is 11.9. The van der Waals surface area contributed by atoms with Crippen molar-refractivity contribution in [1.29, 1.82) is 0 Å². The van der Waals surface area contributed by atoms with Gasteiger partial charge in [-0.25, -0.2) is 4.98 Å². The van der Waals surface area contributed by atoms with E-state index in [4.69, 9.17) is 11.6 Å². The number of aryl methyl sites for hydroxylation is 1. The summed E-state index contributed by atoms with van der Waals surface area (Å²) in [5, 5.41) is 1.10. The molecule has 18 heavy (non-hydrogen) atoms. The molecular formula is C13H10ClN3O. The summed E-state index contributed by atoms with van der Waals surface area (Å²) in [4.78, 5) is 19.1. The zero-order valence-corrected chi connectivity index (χ0v) is 10.4. The Morgan fingerprint density at radius 3 is 2.94 bits per heavy atom. The highest BCUT2D eigenvalue weighted by Gasteiger charge is 2.07. The Kier molecular flexibility index (Phi) is 2.45. The minimum absolute atomic E-state index is 0.0184. The monoisotopic (exact) mass is 259 g/mol. The van der Waals surface area contributed by atoms with E-state index in [1.807, 2.05) is 18.2 Å². The first-order chi connectivity index (χ1) is 8.65. The standard InChI is InChI=1S/C13H10ClN3O/c1-17-5-3-10-9(13(17)18)7-11(16-10)8-2-4-15-12(14)6-8/h2-7,16H,1H3. The van der Waals surface area contributed by atoms with Gasteiger partial charge in [0.15, 0.2) is 0 Å². The molecule has 0 fully saturated rings. The van der Waals surface area contributed by atoms with Crippen molar-refractivity contribution < 1.29 is 0 Å². The van der Waals surface area contributed by atoms with Crippen LogP contribution < -0.4 is 5.56 Å². The van der Waals surface area contributed by atoms with Crippen LogP contribution in [0.1, 0.15) is 0 Å². The lowest BCUT2D eigenvalue weighted by molar-refractivity contribution is 0.873. The summed E-state index contributed by atoms with van der Waals surface area (Å²) in [6.07, 6.45) is 3.38. The van der Waals surface area contributed by atoms with E-state index in [0.29, 0.717) is 10.5 Å². The SMILES string of the molecule is Cn1ccc2[nH]c(-c3ccnc(Cl)c3)cc2c1=O. The Morgan fingerprint density at radius 2 is 2.17 bits per heavy atom. The normalized spacial score (nSPS) is 11.0. The van der Waals surface area contributed by atoms with Crippen LogP contribution in [0.2, 0.25) is 5.15 Å². The molecule has 0 amide bonds. The van der Waals surface area contributed by atoms with Crippen LogP contribution in [0.4, 0.5) is 0 Å². The second kappa shape index (κ2) is 3.99. The molecule has 0 aliphatic carbocycles. The summed E-state index contributed by atoms with van der Waals surface area (Å²) in [5.74, 6) is 0. The van der Waals surface area contributed by atoms with E-state index >= 15 is 0 Å². The number of aromatic amines is 1. The van der Waals surface area contributed by atoms with Gasteiger partial charge >= 0.3 is 0 Å². The third-order valence-corrected chi connectivity index (χ3v) is 3.11. The Morgan fingerprint density at radius 1 is 1.33 bits per heavy atom. The van der Waals surface area contributed by atoms with Gasteiger partial charge in [-0.2, -0.15) is 0 Å². The number of nitrogens with one attached hydrogen (secondary N) is 1. The number of rotatable bonds is 1. The summed E-state index contributed by atoms with van der Waals surface area (Å²) in [7, 11) is 1.73. The van der Waals surface area contributed by atoms with E-state index in [1.165, 1.54) is 0 Å². The van der Waals surface area contributed by atoms with Gasteiger partial charge < -0.3 is 9.55 Å². The van der Waals surface area contributed by atoms with Crippen molar-refractivity contribution >= 4 is 22.5 Å². The molecule has 3 heterocycles. The minimum atomic E-state index is -0.0184. The van der Waals surface area contributed by atoms with Crippen molar-refractivity contribution in [2.75, 3.05) is 0 Å². The predicted octanol–water partition coefficient (Wildman–Crippen LogP) is 2.58. The largest absolute Gasteiger partial charge is 0.354 e. The molecule has 0 aromatic carbocycles. The molecule has 3 aromatic heterocycles. The van der Waals surface area contributed by atoms with E-state index in [2.05, 4.69) is 9.97 Å². The van der Waals surface area contributed by atoms with E-state index in [9.17, 15) is 4.79 Å². The molecule has 0 saturated carbocycles. The van der Waals surface area contributed by atoms with Crippen molar-refractivity contribution in [1.82, 2.24) is 14.5 Å². The summed E-state index contributed by atoms with van der Waals surface area (Å²) in [5.41, 5.74) is 2.57. The van der Waals surface area contributed by atoms with Crippen molar-refractivity contribution in [3.63, 3.8) is 0 Å². The van der Waals surface area contributed by atoms with E-state index in [0.717, 1.165) is 16.8 Å². The Balaban J connectivity index is 2.26.